The molecule has 2 unspecified atom stereocenters. The van der Waals surface area contributed by atoms with Crippen LogP contribution in [0.4, 0.5) is 4.39 Å². The second kappa shape index (κ2) is 7.14. The number of hydrogen-bond acceptors (Lipinski definition) is 6. The van der Waals surface area contributed by atoms with Crippen LogP contribution in [0, 0.1) is 5.82 Å². The largest absolute Gasteiger partial charge is 0.392 e. The third kappa shape index (κ3) is 3.62. The van der Waals surface area contributed by atoms with Gasteiger partial charge in [0.1, 0.15) is 11.6 Å². The lowest BCUT2D eigenvalue weighted by Gasteiger charge is -2.19. The molecule has 0 spiro atoms. The van der Waals surface area contributed by atoms with Gasteiger partial charge < -0.3 is 14.6 Å². The molecule has 9 heteroatoms. The third-order valence-corrected chi connectivity index (χ3v) is 4.77. The van der Waals surface area contributed by atoms with E-state index >= 15 is 0 Å². The van der Waals surface area contributed by atoms with Gasteiger partial charge in [-0.1, -0.05) is 22.8 Å². The van der Waals surface area contributed by atoms with Crippen LogP contribution in [-0.2, 0) is 13.0 Å². The van der Waals surface area contributed by atoms with Gasteiger partial charge in [0, 0.05) is 30.4 Å². The predicted octanol–water partition coefficient (Wildman–Crippen LogP) is 2.48. The highest BCUT2D eigenvalue weighted by molar-refractivity contribution is 6.31. The molecule has 1 aliphatic rings. The quantitative estimate of drug-likeness (QED) is 0.709. The maximum atomic E-state index is 13.2. The van der Waals surface area contributed by atoms with E-state index < -0.39 is 6.10 Å². The molecule has 2 aromatic heterocycles. The van der Waals surface area contributed by atoms with Crippen LogP contribution in [0.3, 0.4) is 0 Å². The molecule has 3 aromatic rings. The maximum absolute atomic E-state index is 13.2. The van der Waals surface area contributed by atoms with Gasteiger partial charge in [-0.25, -0.2) is 9.37 Å². The number of nitrogens with one attached hydrogen (secondary N) is 1. The Morgan fingerprint density at radius 3 is 3.08 bits per heavy atom. The van der Waals surface area contributed by atoms with E-state index in [2.05, 4.69) is 20.1 Å². The maximum Gasteiger partial charge on any atom is 0.244 e. The van der Waals surface area contributed by atoms with E-state index in [1.807, 2.05) is 4.90 Å². The number of H-pyrrole nitrogens is 1. The van der Waals surface area contributed by atoms with Crippen LogP contribution in [-0.4, -0.2) is 42.8 Å². The summed E-state index contributed by atoms with van der Waals surface area (Å²) in [4.78, 5) is 13.8. The summed E-state index contributed by atoms with van der Waals surface area (Å²) in [6.07, 6.45) is 3.84. The molecule has 3 heterocycles. The number of aromatic nitrogens is 4. The third-order valence-electron chi connectivity index (χ3n) is 4.42. The van der Waals surface area contributed by atoms with Gasteiger partial charge in [0.05, 0.1) is 18.7 Å². The Hall–Kier alpha value is -2.29. The molecule has 0 bridgehead atoms. The Morgan fingerprint density at radius 2 is 2.31 bits per heavy atom. The lowest BCUT2D eigenvalue weighted by Crippen LogP contribution is -2.25. The Morgan fingerprint density at radius 1 is 1.42 bits per heavy atom. The van der Waals surface area contributed by atoms with E-state index in [4.69, 9.17) is 16.1 Å². The summed E-state index contributed by atoms with van der Waals surface area (Å²) in [5.41, 5.74) is 0.722. The fourth-order valence-corrected chi connectivity index (χ4v) is 3.43. The molecule has 1 aliphatic heterocycles. The average Bonchev–Trinajstić information content (AvgIpc) is 3.32. The Balaban J connectivity index is 1.50. The van der Waals surface area contributed by atoms with Crippen molar-refractivity contribution in [2.24, 2.45) is 0 Å². The smallest absolute Gasteiger partial charge is 0.244 e. The topological polar surface area (TPSA) is 91.1 Å². The fourth-order valence-electron chi connectivity index (χ4n) is 3.20. The number of nitrogens with zero attached hydrogens (tertiary/aromatic N) is 4. The van der Waals surface area contributed by atoms with Crippen molar-refractivity contribution in [2.45, 2.75) is 31.5 Å². The molecular weight excluding hydrogens is 361 g/mol. The molecule has 0 amide bonds. The highest BCUT2D eigenvalue weighted by atomic mass is 35.5. The number of rotatable bonds is 5. The number of halogens is 2. The summed E-state index contributed by atoms with van der Waals surface area (Å²) in [7, 11) is 0. The van der Waals surface area contributed by atoms with Crippen LogP contribution in [0.15, 0.2) is 35.1 Å². The molecule has 2 atom stereocenters. The monoisotopic (exact) mass is 377 g/mol. The average molecular weight is 378 g/mol. The minimum atomic E-state index is -0.461. The first-order valence-corrected chi connectivity index (χ1v) is 8.63. The van der Waals surface area contributed by atoms with E-state index in [0.717, 1.165) is 11.4 Å². The number of aliphatic hydroxyl groups excluding tert-OH is 1. The Labute approximate surface area is 153 Å². The molecule has 0 radical (unpaired) electrons. The minimum absolute atomic E-state index is 0.181. The summed E-state index contributed by atoms with van der Waals surface area (Å²) in [5, 5.41) is 14.4. The molecule has 1 aromatic carbocycles. The number of aromatic amines is 1. The fraction of sp³-hybridized carbons (Fsp3) is 0.353. The number of aliphatic hydroxyl groups is 1. The van der Waals surface area contributed by atoms with Crippen LogP contribution in [0.5, 0.6) is 0 Å². The van der Waals surface area contributed by atoms with Crippen molar-refractivity contribution in [3.05, 3.63) is 64.5 Å². The van der Waals surface area contributed by atoms with Crippen LogP contribution in [0.2, 0.25) is 5.02 Å². The zero-order valence-corrected chi connectivity index (χ0v) is 14.5. The first kappa shape index (κ1) is 17.1. The molecular formula is C17H17ClFN5O2. The number of hydrogen-bond donors (Lipinski definition) is 2. The van der Waals surface area contributed by atoms with Crippen LogP contribution >= 0.6 is 11.6 Å². The molecule has 0 aliphatic carbocycles. The summed E-state index contributed by atoms with van der Waals surface area (Å²) >= 11 is 6.06. The molecule has 1 fully saturated rings. The normalized spacial score (nSPS) is 20.7. The molecule has 26 heavy (non-hydrogen) atoms. The number of β-amino-alcohol motifs (C(OH)–C–C–N with tert-alkyl or cyclic N) is 1. The highest BCUT2D eigenvalue weighted by Crippen LogP contribution is 2.32. The highest BCUT2D eigenvalue weighted by Gasteiger charge is 2.36. The number of benzene rings is 1. The first-order chi connectivity index (χ1) is 12.6. The lowest BCUT2D eigenvalue weighted by atomic mass is 10.1. The van der Waals surface area contributed by atoms with Crippen molar-refractivity contribution >= 4 is 11.6 Å². The van der Waals surface area contributed by atoms with Crippen LogP contribution in [0.1, 0.15) is 35.6 Å². The number of imidazole rings is 1. The second-order valence-electron chi connectivity index (χ2n) is 6.33. The van der Waals surface area contributed by atoms with Gasteiger partial charge in [-0.05, 0) is 24.1 Å². The Kier molecular flexibility index (Phi) is 4.71. The SMILES string of the molecule is OC1CC(c2nc(Cc3ccc(F)cc3Cl)no2)N(Cc2ncc[nH]2)C1. The van der Waals surface area contributed by atoms with E-state index in [1.54, 1.807) is 18.5 Å². The van der Waals surface area contributed by atoms with Gasteiger partial charge in [0.25, 0.3) is 0 Å². The van der Waals surface area contributed by atoms with Crippen LogP contribution in [0.25, 0.3) is 0 Å². The molecule has 4 rings (SSSR count). The molecule has 2 N–H and O–H groups in total. The van der Waals surface area contributed by atoms with E-state index in [1.165, 1.54) is 12.1 Å². The molecule has 0 saturated carbocycles. The minimum Gasteiger partial charge on any atom is -0.392 e. The van der Waals surface area contributed by atoms with Crippen molar-refractivity contribution in [3.63, 3.8) is 0 Å². The molecule has 7 nitrogen and oxygen atoms in total. The summed E-state index contributed by atoms with van der Waals surface area (Å²) in [6.45, 7) is 1.06. The lowest BCUT2D eigenvalue weighted by molar-refractivity contribution is 0.167. The van der Waals surface area contributed by atoms with Gasteiger partial charge in [-0.15, -0.1) is 0 Å². The van der Waals surface area contributed by atoms with Crippen molar-refractivity contribution in [3.8, 4) is 0 Å². The first-order valence-electron chi connectivity index (χ1n) is 8.25. The van der Waals surface area contributed by atoms with Gasteiger partial charge in [-0.2, -0.15) is 4.98 Å². The standard InChI is InChI=1S/C17H17ClFN5O2/c18-13-6-11(19)2-1-10(13)5-15-22-17(26-23-15)14-7-12(25)8-24(14)9-16-20-3-4-21-16/h1-4,6,12,14,25H,5,7-9H2,(H,20,21). The predicted molar refractivity (Wildman–Crippen MR) is 90.9 cm³/mol. The van der Waals surface area contributed by atoms with Crippen molar-refractivity contribution in [1.29, 1.82) is 0 Å². The van der Waals surface area contributed by atoms with E-state index in [0.29, 0.717) is 42.7 Å². The number of likely N-dealkylation sites (tertiary alicyclic amines) is 1. The summed E-state index contributed by atoms with van der Waals surface area (Å²) in [6, 6.07) is 4.03. The second-order valence-corrected chi connectivity index (χ2v) is 6.74. The van der Waals surface area contributed by atoms with Crippen molar-refractivity contribution in [2.75, 3.05) is 6.54 Å². The molecule has 1 saturated heterocycles. The van der Waals surface area contributed by atoms with E-state index in [9.17, 15) is 9.50 Å². The van der Waals surface area contributed by atoms with E-state index in [-0.39, 0.29) is 11.9 Å². The van der Waals surface area contributed by atoms with Gasteiger partial charge in [0.15, 0.2) is 5.82 Å². The zero-order chi connectivity index (χ0) is 18.1. The Bertz CT molecular complexity index is 885. The van der Waals surface area contributed by atoms with Gasteiger partial charge >= 0.3 is 0 Å². The molecule has 136 valence electrons. The zero-order valence-electron chi connectivity index (χ0n) is 13.8. The van der Waals surface area contributed by atoms with Crippen LogP contribution < -0.4 is 0 Å². The van der Waals surface area contributed by atoms with Gasteiger partial charge in [-0.3, -0.25) is 4.90 Å². The van der Waals surface area contributed by atoms with Crippen molar-refractivity contribution < 1.29 is 14.0 Å². The summed E-state index contributed by atoms with van der Waals surface area (Å²) < 4.78 is 18.6. The van der Waals surface area contributed by atoms with Gasteiger partial charge in [0.2, 0.25) is 5.89 Å². The van der Waals surface area contributed by atoms with Crippen molar-refractivity contribution in [1.82, 2.24) is 25.0 Å². The summed E-state index contributed by atoms with van der Waals surface area (Å²) in [5.74, 6) is 1.33.